The fraction of sp³-hybridized carbons (Fsp3) is 0.538. The number of aryl methyl sites for hydroxylation is 1. The molecule has 88 valence electrons. The van der Waals surface area contributed by atoms with Gasteiger partial charge in [-0.3, -0.25) is 4.90 Å². The molecule has 1 atom stereocenters. The number of rotatable bonds is 1. The molecule has 0 bridgehead atoms. The average molecular weight is 240 g/mol. The van der Waals surface area contributed by atoms with Gasteiger partial charge in [0.05, 0.1) is 5.02 Å². The highest BCUT2D eigenvalue weighted by molar-refractivity contribution is 6.32. The molecule has 1 aliphatic heterocycles. The second-order valence-corrected chi connectivity index (χ2v) is 4.90. The Balaban J connectivity index is 2.41. The van der Waals surface area contributed by atoms with Crippen LogP contribution < -0.4 is 4.74 Å². The Labute approximate surface area is 102 Å². The molecule has 0 spiro atoms. The second kappa shape index (κ2) is 4.64. The molecule has 0 aliphatic carbocycles. The van der Waals surface area contributed by atoms with Crippen molar-refractivity contribution in [2.75, 3.05) is 13.7 Å². The Bertz CT molecular complexity index is 392. The first-order valence-corrected chi connectivity index (χ1v) is 6.14. The van der Waals surface area contributed by atoms with Crippen LogP contribution in [0.2, 0.25) is 5.02 Å². The van der Waals surface area contributed by atoms with Gasteiger partial charge in [-0.25, -0.2) is 0 Å². The van der Waals surface area contributed by atoms with Gasteiger partial charge in [0.25, 0.3) is 0 Å². The van der Waals surface area contributed by atoms with Crippen molar-refractivity contribution in [1.82, 2.24) is 4.90 Å². The van der Waals surface area contributed by atoms with E-state index in [9.17, 15) is 0 Å². The second-order valence-electron chi connectivity index (χ2n) is 4.49. The van der Waals surface area contributed by atoms with Crippen LogP contribution in [0.1, 0.15) is 25.0 Å². The van der Waals surface area contributed by atoms with Crippen LogP contribution in [0.25, 0.3) is 0 Å². The van der Waals surface area contributed by atoms with Crippen molar-refractivity contribution in [2.24, 2.45) is 0 Å². The lowest BCUT2D eigenvalue weighted by Crippen LogP contribution is -2.31. The zero-order chi connectivity index (χ0) is 11.7. The van der Waals surface area contributed by atoms with Crippen LogP contribution in [0.5, 0.6) is 5.75 Å². The highest BCUT2D eigenvalue weighted by Gasteiger charge is 2.20. The van der Waals surface area contributed by atoms with Gasteiger partial charge in [-0.1, -0.05) is 24.6 Å². The van der Waals surface area contributed by atoms with Crippen LogP contribution in [0.15, 0.2) is 12.1 Å². The minimum absolute atomic E-state index is 0.425. The van der Waals surface area contributed by atoms with Crippen molar-refractivity contribution < 1.29 is 4.74 Å². The molecule has 1 aromatic rings. The van der Waals surface area contributed by atoms with Crippen LogP contribution in [0.4, 0.5) is 0 Å². The summed E-state index contributed by atoms with van der Waals surface area (Å²) in [4.78, 5) is 2.29. The summed E-state index contributed by atoms with van der Waals surface area (Å²) in [6.45, 7) is 5.92. The van der Waals surface area contributed by atoms with Crippen LogP contribution >= 0.6 is 11.6 Å². The van der Waals surface area contributed by atoms with Crippen molar-refractivity contribution in [3.05, 3.63) is 28.3 Å². The van der Waals surface area contributed by atoms with Gasteiger partial charge in [0.2, 0.25) is 0 Å². The Kier molecular flexibility index (Phi) is 3.41. The average Bonchev–Trinajstić information content (AvgIpc) is 2.39. The third kappa shape index (κ3) is 2.18. The van der Waals surface area contributed by atoms with Gasteiger partial charge in [0.1, 0.15) is 12.4 Å². The highest BCUT2D eigenvalue weighted by atomic mass is 35.5. The number of halogens is 1. The summed E-state index contributed by atoms with van der Waals surface area (Å²) < 4.78 is 5.79. The molecule has 1 aromatic carbocycles. The van der Waals surface area contributed by atoms with E-state index in [0.29, 0.717) is 12.6 Å². The van der Waals surface area contributed by atoms with Crippen molar-refractivity contribution >= 4 is 11.6 Å². The first-order chi connectivity index (χ1) is 7.61. The maximum absolute atomic E-state index is 6.25. The van der Waals surface area contributed by atoms with E-state index in [-0.39, 0.29) is 0 Å². The summed E-state index contributed by atoms with van der Waals surface area (Å²) >= 11 is 6.25. The SMILES string of the molecule is CCc1cc(Cl)c2c(c1)CN(C)C(C)CO2. The van der Waals surface area contributed by atoms with Gasteiger partial charge in [-0.05, 0) is 32.0 Å². The summed E-state index contributed by atoms with van der Waals surface area (Å²) in [5.74, 6) is 0.870. The first-order valence-electron chi connectivity index (χ1n) is 5.76. The predicted molar refractivity (Wildman–Crippen MR) is 67.3 cm³/mol. The predicted octanol–water partition coefficient (Wildman–Crippen LogP) is 3.12. The summed E-state index contributed by atoms with van der Waals surface area (Å²) in [5.41, 5.74) is 2.48. The fourth-order valence-electron chi connectivity index (χ4n) is 1.95. The van der Waals surface area contributed by atoms with E-state index in [2.05, 4.69) is 31.9 Å². The molecule has 2 rings (SSSR count). The van der Waals surface area contributed by atoms with Gasteiger partial charge in [-0.15, -0.1) is 0 Å². The number of ether oxygens (including phenoxy) is 1. The third-order valence-electron chi connectivity index (χ3n) is 3.23. The van der Waals surface area contributed by atoms with E-state index >= 15 is 0 Å². The molecule has 0 saturated carbocycles. The van der Waals surface area contributed by atoms with Crippen molar-refractivity contribution in [2.45, 2.75) is 32.9 Å². The van der Waals surface area contributed by atoms with Crippen molar-refractivity contribution in [3.8, 4) is 5.75 Å². The lowest BCUT2D eigenvalue weighted by molar-refractivity contribution is 0.189. The number of likely N-dealkylation sites (N-methyl/N-ethyl adjacent to an activating group) is 1. The van der Waals surface area contributed by atoms with Crippen molar-refractivity contribution in [3.63, 3.8) is 0 Å². The Hall–Kier alpha value is -0.730. The molecule has 0 fully saturated rings. The van der Waals surface area contributed by atoms with Crippen LogP contribution in [0, 0.1) is 0 Å². The van der Waals surface area contributed by atoms with E-state index in [0.717, 1.165) is 23.7 Å². The normalized spacial score (nSPS) is 21.1. The van der Waals surface area contributed by atoms with Crippen LogP contribution in [-0.2, 0) is 13.0 Å². The molecule has 0 N–H and O–H groups in total. The summed E-state index contributed by atoms with van der Waals surface area (Å²) in [6, 6.07) is 4.64. The topological polar surface area (TPSA) is 12.5 Å². The van der Waals surface area contributed by atoms with E-state index < -0.39 is 0 Å². The molecule has 3 heteroatoms. The summed E-state index contributed by atoms with van der Waals surface area (Å²) in [6.07, 6.45) is 1.01. The standard InChI is InChI=1S/C13H18ClNO/c1-4-10-5-11-7-15(3)9(2)8-16-13(11)12(14)6-10/h5-6,9H,4,7-8H2,1-3H3. The van der Waals surface area contributed by atoms with Crippen LogP contribution in [0.3, 0.4) is 0 Å². The quantitative estimate of drug-likeness (QED) is 0.747. The molecule has 0 aromatic heterocycles. The van der Waals surface area contributed by atoms with Gasteiger partial charge in [-0.2, -0.15) is 0 Å². The zero-order valence-corrected chi connectivity index (χ0v) is 10.8. The zero-order valence-electron chi connectivity index (χ0n) is 10.1. The Morgan fingerprint density at radius 1 is 1.50 bits per heavy atom. The van der Waals surface area contributed by atoms with E-state index in [1.807, 2.05) is 6.07 Å². The Morgan fingerprint density at radius 2 is 2.25 bits per heavy atom. The molecule has 1 heterocycles. The molecule has 1 unspecified atom stereocenters. The molecule has 0 saturated heterocycles. The number of nitrogens with zero attached hydrogens (tertiary/aromatic N) is 1. The molecule has 16 heavy (non-hydrogen) atoms. The van der Waals surface area contributed by atoms with E-state index in [1.165, 1.54) is 11.1 Å². The highest BCUT2D eigenvalue weighted by Crippen LogP contribution is 2.33. The first kappa shape index (κ1) is 11.7. The number of fused-ring (bicyclic) bond motifs is 1. The van der Waals surface area contributed by atoms with Gasteiger partial charge in [0.15, 0.2) is 0 Å². The minimum atomic E-state index is 0.425. The maximum atomic E-state index is 6.25. The third-order valence-corrected chi connectivity index (χ3v) is 3.51. The van der Waals surface area contributed by atoms with Crippen molar-refractivity contribution in [1.29, 1.82) is 0 Å². The van der Waals surface area contributed by atoms with Crippen LogP contribution in [-0.4, -0.2) is 24.6 Å². The number of hydrogen-bond donors (Lipinski definition) is 0. The summed E-state index contributed by atoms with van der Waals surface area (Å²) in [5, 5.41) is 0.747. The minimum Gasteiger partial charge on any atom is -0.490 e. The fourth-order valence-corrected chi connectivity index (χ4v) is 2.27. The smallest absolute Gasteiger partial charge is 0.142 e. The molecule has 1 aliphatic rings. The summed E-state index contributed by atoms with van der Waals surface area (Å²) in [7, 11) is 2.12. The largest absolute Gasteiger partial charge is 0.490 e. The molecular formula is C13H18ClNO. The monoisotopic (exact) mass is 239 g/mol. The van der Waals surface area contributed by atoms with Gasteiger partial charge >= 0.3 is 0 Å². The maximum Gasteiger partial charge on any atom is 0.142 e. The molecule has 0 radical (unpaired) electrons. The molecule has 2 nitrogen and oxygen atoms in total. The molecule has 0 amide bonds. The Morgan fingerprint density at radius 3 is 2.94 bits per heavy atom. The van der Waals surface area contributed by atoms with Gasteiger partial charge in [0, 0.05) is 18.2 Å². The number of hydrogen-bond acceptors (Lipinski definition) is 2. The lowest BCUT2D eigenvalue weighted by Gasteiger charge is -2.20. The number of benzene rings is 1. The van der Waals surface area contributed by atoms with E-state index in [1.54, 1.807) is 0 Å². The van der Waals surface area contributed by atoms with E-state index in [4.69, 9.17) is 16.3 Å². The molecular weight excluding hydrogens is 222 g/mol. The van der Waals surface area contributed by atoms with Gasteiger partial charge < -0.3 is 4.74 Å². The lowest BCUT2D eigenvalue weighted by atomic mass is 10.1.